The molecule has 4 aromatic rings. The predicted molar refractivity (Wildman–Crippen MR) is 347 cm³/mol. The molecule has 1 spiro atoms. The normalized spacial score (nSPS) is 26.9. The first-order valence-corrected chi connectivity index (χ1v) is 33.5. The molecule has 7 amide bonds. The molecule has 0 unspecified atom stereocenters. The van der Waals surface area contributed by atoms with Gasteiger partial charge in [0.15, 0.2) is 17.3 Å². The molecule has 98 heavy (non-hydrogen) atoms. The molecule has 13 atom stereocenters. The van der Waals surface area contributed by atoms with Crippen molar-refractivity contribution in [2.45, 2.75) is 151 Å². The Morgan fingerprint density at radius 1 is 0.776 bits per heavy atom. The number of anilines is 1. The zero-order valence-electron chi connectivity index (χ0n) is 54.2. The van der Waals surface area contributed by atoms with Crippen molar-refractivity contribution in [3.63, 3.8) is 0 Å². The molecule has 3 aromatic carbocycles. The second-order valence-corrected chi connectivity index (χ2v) is 27.5. The Morgan fingerprint density at radius 3 is 2.03 bits per heavy atom. The first kappa shape index (κ1) is 74.9. The van der Waals surface area contributed by atoms with Gasteiger partial charge in [0.1, 0.15) is 46.3 Å². The fraction of sp³-hybridized carbons (Fsp3) is 0.571. The molecular formula is C63H85N11O22S2. The number of carbonyl (C=O) groups is 7. The van der Waals surface area contributed by atoms with Gasteiger partial charge in [0.05, 0.1) is 69.1 Å². The molecule has 5 fully saturated rings. The molecule has 5 saturated heterocycles. The summed E-state index contributed by atoms with van der Waals surface area (Å²) in [6.07, 6.45) is -11.2. The highest BCUT2D eigenvalue weighted by Gasteiger charge is 2.50. The van der Waals surface area contributed by atoms with Crippen molar-refractivity contribution < 1.29 is 108 Å². The number of hydrogen-bond donors (Lipinski definition) is 16. The van der Waals surface area contributed by atoms with E-state index < -0.39 is 190 Å². The minimum Gasteiger partial charge on any atom is -0.504 e. The van der Waals surface area contributed by atoms with Crippen LogP contribution in [-0.2, 0) is 54.0 Å². The van der Waals surface area contributed by atoms with Crippen molar-refractivity contribution in [2.24, 2.45) is 11.3 Å². The van der Waals surface area contributed by atoms with E-state index in [-0.39, 0.29) is 47.7 Å². The number of nitrogens with zero attached hydrogens (tertiary/aromatic N) is 5. The lowest BCUT2D eigenvalue weighted by Crippen LogP contribution is -2.64. The van der Waals surface area contributed by atoms with E-state index in [9.17, 15) is 79.5 Å². The monoisotopic (exact) mass is 1410 g/mol. The van der Waals surface area contributed by atoms with E-state index in [1.807, 2.05) is 24.3 Å². The van der Waals surface area contributed by atoms with Gasteiger partial charge in [-0.25, -0.2) is 5.26 Å². The van der Waals surface area contributed by atoms with Crippen molar-refractivity contribution in [3.05, 3.63) is 77.9 Å². The SMILES string of the molecule is C[C@@H](O)[C@@H]1NC(=O)[C@@H](NC(=O)c2ccc(-c3nnc(-c4ccc(N5CCC6(CC5)OCC(C)(C)CO6)cc4)s3)cc2)C[C@@H](O)CNC(=O)[C@@H]2[C@@H](O)[C@@H](C)CN2C(=O)[C@H]([C@H](O)CCNC(CO)CO)NC(=O)[C@H]([C@H](O)Cc2ccc(O)c(OSOOO)c2)NC(=O)[C@@H]2C[C@@H](O)CN2C1=O. The van der Waals surface area contributed by atoms with Gasteiger partial charge in [-0.15, -0.1) is 10.2 Å². The van der Waals surface area contributed by atoms with Crippen LogP contribution in [0.3, 0.4) is 0 Å². The molecule has 16 N–H and O–H groups in total. The van der Waals surface area contributed by atoms with Gasteiger partial charge in [-0.05, 0) is 74.0 Å². The number of aliphatic hydroxyl groups excluding tert-OH is 8. The number of aromatic hydroxyl groups is 1. The van der Waals surface area contributed by atoms with E-state index in [0.717, 1.165) is 66.0 Å². The molecule has 9 rings (SSSR count). The van der Waals surface area contributed by atoms with Crippen LogP contribution in [0.5, 0.6) is 11.5 Å². The summed E-state index contributed by atoms with van der Waals surface area (Å²) >= 11 is 1.38. The van der Waals surface area contributed by atoms with Crippen LogP contribution in [0.1, 0.15) is 75.7 Å². The van der Waals surface area contributed by atoms with E-state index in [1.165, 1.54) is 36.5 Å². The van der Waals surface area contributed by atoms with Crippen molar-refractivity contribution in [3.8, 4) is 32.6 Å². The summed E-state index contributed by atoms with van der Waals surface area (Å²) < 4.78 is 21.8. The van der Waals surface area contributed by atoms with E-state index in [2.05, 4.69) is 70.2 Å². The summed E-state index contributed by atoms with van der Waals surface area (Å²) in [4.78, 5) is 106. The Bertz CT molecular complexity index is 3410. The predicted octanol–water partition coefficient (Wildman–Crippen LogP) is -2.41. The first-order chi connectivity index (χ1) is 46.7. The van der Waals surface area contributed by atoms with Crippen molar-refractivity contribution in [1.29, 1.82) is 0 Å². The molecule has 0 bridgehead atoms. The Morgan fingerprint density at radius 2 is 1.40 bits per heavy atom. The molecule has 35 heteroatoms. The second kappa shape index (κ2) is 33.2. The number of piperidine rings is 1. The molecule has 5 aliphatic rings. The zero-order chi connectivity index (χ0) is 70.8. The summed E-state index contributed by atoms with van der Waals surface area (Å²) in [5.74, 6) is -10.2. The molecule has 33 nitrogen and oxygen atoms in total. The number of carbonyl (C=O) groups excluding carboxylic acids is 7. The molecule has 5 aliphatic heterocycles. The van der Waals surface area contributed by atoms with Gasteiger partial charge in [0.25, 0.3) is 18.2 Å². The van der Waals surface area contributed by atoms with Crippen LogP contribution in [0.4, 0.5) is 5.69 Å². The number of rotatable bonds is 20. The Labute approximate surface area is 571 Å². The fourth-order valence-electron chi connectivity index (χ4n) is 12.3. The number of aliphatic hydroxyl groups is 8. The number of benzene rings is 3. The topological polar surface area (TPSA) is 476 Å². The molecule has 0 aliphatic carbocycles. The lowest BCUT2D eigenvalue weighted by atomic mass is 9.92. The highest BCUT2D eigenvalue weighted by molar-refractivity contribution is 7.90. The van der Waals surface area contributed by atoms with Gasteiger partial charge in [-0.3, -0.25) is 33.6 Å². The molecular weight excluding hydrogens is 1330 g/mol. The lowest BCUT2D eigenvalue weighted by Gasteiger charge is -2.47. The third-order valence-corrected chi connectivity index (χ3v) is 19.4. The number of phenolic OH excluding ortho intramolecular Hbond substituents is 1. The van der Waals surface area contributed by atoms with Crippen LogP contribution in [0, 0.1) is 11.3 Å². The van der Waals surface area contributed by atoms with E-state index in [4.69, 9.17) is 18.9 Å². The smallest absolute Gasteiger partial charge is 0.261 e. The number of nitrogens with one attached hydrogen (secondary N) is 6. The van der Waals surface area contributed by atoms with Gasteiger partial charge in [-0.1, -0.05) is 59.7 Å². The number of β-amino-alcohol motifs (C(OH)–C–C–N with tert-alkyl or cyclic N) is 1. The third kappa shape index (κ3) is 18.4. The fourth-order valence-corrected chi connectivity index (χ4v) is 13.4. The van der Waals surface area contributed by atoms with E-state index in [1.54, 1.807) is 12.1 Å². The molecule has 6 heterocycles. The number of fused-ring (bicyclic) bond motifs is 2. The zero-order valence-corrected chi connectivity index (χ0v) is 55.8. The summed E-state index contributed by atoms with van der Waals surface area (Å²) in [7, 11) is 0. The Kier molecular flexibility index (Phi) is 25.4. The van der Waals surface area contributed by atoms with Crippen LogP contribution in [0.2, 0.25) is 0 Å². The van der Waals surface area contributed by atoms with E-state index >= 15 is 0 Å². The number of hydrogen-bond acceptors (Lipinski definition) is 28. The maximum atomic E-state index is 15.0. The van der Waals surface area contributed by atoms with Gasteiger partial charge >= 0.3 is 0 Å². The minimum atomic E-state index is -2.16. The van der Waals surface area contributed by atoms with Crippen LogP contribution < -0.4 is 41.0 Å². The third-order valence-electron chi connectivity index (χ3n) is 18.0. The highest BCUT2D eigenvalue weighted by atomic mass is 32.2. The van der Waals surface area contributed by atoms with Crippen LogP contribution in [0.15, 0.2) is 66.7 Å². The quantitative estimate of drug-likeness (QED) is 0.0190. The Balaban J connectivity index is 0.968. The minimum absolute atomic E-state index is 0.00896. The highest BCUT2D eigenvalue weighted by Crippen LogP contribution is 2.39. The van der Waals surface area contributed by atoms with Crippen LogP contribution >= 0.6 is 23.7 Å². The van der Waals surface area contributed by atoms with Gasteiger partial charge in [-0.2, -0.15) is 0 Å². The van der Waals surface area contributed by atoms with Gasteiger partial charge in [0, 0.05) is 98.5 Å². The first-order valence-electron chi connectivity index (χ1n) is 32.1. The average molecular weight is 1410 g/mol. The Hall–Kier alpha value is -7.30. The number of aromatic nitrogens is 2. The van der Waals surface area contributed by atoms with Crippen LogP contribution in [0.25, 0.3) is 21.1 Å². The molecule has 0 saturated carbocycles. The molecule has 536 valence electrons. The van der Waals surface area contributed by atoms with Crippen molar-refractivity contribution >= 4 is 70.7 Å². The summed E-state index contributed by atoms with van der Waals surface area (Å²) in [6.45, 7) is 6.71. The summed E-state index contributed by atoms with van der Waals surface area (Å²) in [5.41, 5.74) is 2.54. The largest absolute Gasteiger partial charge is 0.504 e. The lowest BCUT2D eigenvalue weighted by molar-refractivity contribution is -0.433. The number of amides is 7. The van der Waals surface area contributed by atoms with E-state index in [0.29, 0.717) is 28.8 Å². The standard InChI is InChI=1S/C63H85N11O22S2/c1-32-26-74-51(52(32)83)57(88)65-25-40(78)23-42(66-53(84)35-6-8-36(9-7-35)58-70-71-59(97-58)37-10-12-39(13-11-37)72-19-16-63(17-20-72)92-30-62(3,4)31-93-63)54(85)67-48(33(2)77)60(89)73-27-41(79)24-43(73)55(86)68-49(46(82)21-34-5-14-44(80)47(22-34)94-98-96-95-91)56(87)69-50(61(74)90)45(81)15-18-64-38(28-75)29-76/h5-14,22,32-33,38,40-43,45-46,48-52,64,75-83,91H,15-21,23-31H2,1-4H3,(H,65,88)(H,66,84)(H,67,85)(H,68,86)(H,69,87)/t32-,33+,40+,41+,42-,43-,45+,46+,48-,49-,50-,51-,52-/m0/s1. The summed E-state index contributed by atoms with van der Waals surface area (Å²) in [6, 6.07) is 5.30. The molecule has 0 radical (unpaired) electrons. The van der Waals surface area contributed by atoms with Gasteiger partial charge < -0.3 is 106 Å². The maximum absolute atomic E-state index is 15.0. The molecule has 1 aromatic heterocycles. The van der Waals surface area contributed by atoms with Crippen molar-refractivity contribution in [2.75, 3.05) is 70.6 Å². The average Bonchev–Trinajstić information content (AvgIpc) is 1.73. The second-order valence-electron chi connectivity index (χ2n) is 26.1. The van der Waals surface area contributed by atoms with Crippen molar-refractivity contribution in [1.82, 2.24) is 51.9 Å². The summed E-state index contributed by atoms with van der Waals surface area (Å²) in [5, 5.41) is 136. The number of phenols is 1. The number of ether oxygens (including phenoxy) is 2. The van der Waals surface area contributed by atoms with Crippen LogP contribution in [-0.4, -0.2) is 263 Å². The maximum Gasteiger partial charge on any atom is 0.261 e. The van der Waals surface area contributed by atoms with Gasteiger partial charge in [0.2, 0.25) is 35.4 Å².